The number of nitrogens with zero attached hydrogens (tertiary/aromatic N) is 2. The van der Waals surface area contributed by atoms with Gasteiger partial charge in [-0.2, -0.15) is 17.9 Å². The Kier molecular flexibility index (Phi) is 4.93. The third-order valence-corrected chi connectivity index (χ3v) is 3.91. The van der Waals surface area contributed by atoms with Crippen molar-refractivity contribution < 1.29 is 17.6 Å². The second-order valence-corrected chi connectivity index (χ2v) is 5.96. The topological polar surface area (TPSA) is 48.0 Å². The zero-order chi connectivity index (χ0) is 18.9. The lowest BCUT2D eigenvalue weighted by Gasteiger charge is -2.11. The van der Waals surface area contributed by atoms with Crippen LogP contribution in [0.5, 0.6) is 0 Å². The van der Waals surface area contributed by atoms with Crippen LogP contribution in [0.4, 0.5) is 13.2 Å². The molecule has 0 aliphatic heterocycles. The number of aromatic nitrogens is 2. The van der Waals surface area contributed by atoms with Crippen molar-refractivity contribution in [1.82, 2.24) is 9.78 Å². The maximum Gasteiger partial charge on any atom is 0.442 e. The predicted molar refractivity (Wildman–Crippen MR) is 92.5 cm³/mol. The van der Waals surface area contributed by atoms with E-state index >= 15 is 0 Å². The van der Waals surface area contributed by atoms with Gasteiger partial charge >= 0.3 is 11.9 Å². The molecule has 3 rings (SSSR count). The largest absolute Gasteiger partial charge is 0.442 e. The molecule has 26 heavy (non-hydrogen) atoms. The minimum atomic E-state index is -4.62. The summed E-state index contributed by atoms with van der Waals surface area (Å²) in [5, 5.41) is 3.16. The molecule has 0 aliphatic rings. The molecule has 2 aromatic carbocycles. The summed E-state index contributed by atoms with van der Waals surface area (Å²) in [6.07, 6.45) is -1.52. The summed E-state index contributed by atoms with van der Waals surface area (Å²) in [4.78, 5) is 12.0. The Labute approximate surface area is 155 Å². The molecule has 1 aromatic heterocycles. The van der Waals surface area contributed by atoms with Gasteiger partial charge < -0.3 is 4.42 Å². The van der Waals surface area contributed by atoms with Crippen LogP contribution in [0.3, 0.4) is 0 Å². The summed E-state index contributed by atoms with van der Waals surface area (Å²) >= 11 is 11.8. The van der Waals surface area contributed by atoms with E-state index in [1.807, 2.05) is 30.3 Å². The van der Waals surface area contributed by atoms with E-state index in [0.717, 1.165) is 10.2 Å². The highest BCUT2D eigenvalue weighted by Crippen LogP contribution is 2.36. The van der Waals surface area contributed by atoms with Gasteiger partial charge in [-0.25, -0.2) is 4.79 Å². The van der Waals surface area contributed by atoms with Gasteiger partial charge in [0.05, 0.1) is 15.6 Å². The third-order valence-electron chi connectivity index (χ3n) is 3.34. The Balaban J connectivity index is 2.00. The van der Waals surface area contributed by atoms with Gasteiger partial charge in [-0.05, 0) is 23.8 Å². The zero-order valence-electron chi connectivity index (χ0n) is 12.8. The van der Waals surface area contributed by atoms with Crippen LogP contribution in [-0.4, -0.2) is 9.78 Å². The standard InChI is InChI=1S/C17H9Cl2F3N2O2/c18-12-8-11(17(20,21)22)9-13(19)15(12)24-16(25)26-14(23-24)7-6-10-4-2-1-3-5-10/h1-9H. The molecule has 3 aromatic rings. The molecule has 0 spiro atoms. The molecule has 0 aliphatic carbocycles. The molecular weight excluding hydrogens is 392 g/mol. The van der Waals surface area contributed by atoms with Gasteiger partial charge in [-0.3, -0.25) is 0 Å². The fourth-order valence-electron chi connectivity index (χ4n) is 2.16. The lowest BCUT2D eigenvalue weighted by molar-refractivity contribution is -0.137. The molecule has 0 saturated heterocycles. The van der Waals surface area contributed by atoms with Crippen LogP contribution in [0.1, 0.15) is 17.0 Å². The van der Waals surface area contributed by atoms with Crippen molar-refractivity contribution >= 4 is 35.4 Å². The van der Waals surface area contributed by atoms with Crippen molar-refractivity contribution in [2.75, 3.05) is 0 Å². The smallest absolute Gasteiger partial charge is 0.388 e. The average molecular weight is 401 g/mol. The Morgan fingerprint density at radius 1 is 1.04 bits per heavy atom. The monoisotopic (exact) mass is 400 g/mol. The lowest BCUT2D eigenvalue weighted by Crippen LogP contribution is -2.15. The molecule has 134 valence electrons. The van der Waals surface area contributed by atoms with Crippen LogP contribution >= 0.6 is 23.2 Å². The van der Waals surface area contributed by atoms with E-state index in [0.29, 0.717) is 12.1 Å². The van der Waals surface area contributed by atoms with E-state index < -0.39 is 17.5 Å². The summed E-state index contributed by atoms with van der Waals surface area (Å²) in [5.41, 5.74) is -0.373. The Hall–Kier alpha value is -2.51. The molecule has 0 radical (unpaired) electrons. The molecule has 0 bridgehead atoms. The first kappa shape index (κ1) is 18.3. The number of hydrogen-bond donors (Lipinski definition) is 0. The van der Waals surface area contributed by atoms with Crippen molar-refractivity contribution in [3.05, 3.63) is 80.1 Å². The molecule has 0 atom stereocenters. The summed E-state index contributed by atoms with van der Waals surface area (Å²) in [6, 6.07) is 10.5. The second-order valence-electron chi connectivity index (χ2n) is 5.15. The summed E-state index contributed by atoms with van der Waals surface area (Å²) in [5.74, 6) is -0.979. The number of halogens is 5. The highest BCUT2D eigenvalue weighted by molar-refractivity contribution is 6.37. The van der Waals surface area contributed by atoms with E-state index in [9.17, 15) is 18.0 Å². The number of alkyl halides is 3. The number of rotatable bonds is 3. The molecular formula is C17H9Cl2F3N2O2. The summed E-state index contributed by atoms with van der Waals surface area (Å²) in [7, 11) is 0. The Bertz CT molecular complexity index is 1000. The minimum Gasteiger partial charge on any atom is -0.388 e. The van der Waals surface area contributed by atoms with E-state index in [2.05, 4.69) is 5.10 Å². The van der Waals surface area contributed by atoms with Crippen LogP contribution in [0, 0.1) is 0 Å². The Morgan fingerprint density at radius 3 is 2.23 bits per heavy atom. The molecule has 0 fully saturated rings. The van der Waals surface area contributed by atoms with E-state index in [1.54, 1.807) is 6.08 Å². The fourth-order valence-corrected chi connectivity index (χ4v) is 2.81. The van der Waals surface area contributed by atoms with Crippen molar-refractivity contribution in [1.29, 1.82) is 0 Å². The first-order chi connectivity index (χ1) is 12.3. The van der Waals surface area contributed by atoms with Crippen LogP contribution in [-0.2, 0) is 6.18 Å². The van der Waals surface area contributed by atoms with E-state index in [4.69, 9.17) is 27.6 Å². The van der Waals surface area contributed by atoms with Gasteiger partial charge in [0.1, 0.15) is 5.69 Å². The second kappa shape index (κ2) is 7.01. The maximum absolute atomic E-state index is 12.8. The first-order valence-corrected chi connectivity index (χ1v) is 7.91. The molecule has 0 amide bonds. The van der Waals surface area contributed by atoms with Crippen LogP contribution < -0.4 is 5.76 Å². The minimum absolute atomic E-state index is 0.0501. The molecule has 0 saturated carbocycles. The van der Waals surface area contributed by atoms with Gasteiger partial charge in [0.2, 0.25) is 5.89 Å². The fraction of sp³-hybridized carbons (Fsp3) is 0.0588. The van der Waals surface area contributed by atoms with Crippen LogP contribution in [0.25, 0.3) is 17.8 Å². The van der Waals surface area contributed by atoms with Gasteiger partial charge in [0.25, 0.3) is 0 Å². The summed E-state index contributed by atoms with van der Waals surface area (Å²) in [6.45, 7) is 0. The third kappa shape index (κ3) is 3.84. The average Bonchev–Trinajstić information content (AvgIpc) is 2.93. The first-order valence-electron chi connectivity index (χ1n) is 7.15. The van der Waals surface area contributed by atoms with Gasteiger partial charge in [0, 0.05) is 6.08 Å². The quantitative estimate of drug-likeness (QED) is 0.597. The number of hydrogen-bond acceptors (Lipinski definition) is 3. The molecule has 0 unspecified atom stereocenters. The zero-order valence-corrected chi connectivity index (χ0v) is 14.3. The van der Waals surface area contributed by atoms with Crippen molar-refractivity contribution in [3.63, 3.8) is 0 Å². The van der Waals surface area contributed by atoms with Crippen LogP contribution in [0.15, 0.2) is 51.7 Å². The van der Waals surface area contributed by atoms with E-state index in [-0.39, 0.29) is 21.6 Å². The maximum atomic E-state index is 12.8. The van der Waals surface area contributed by atoms with Crippen molar-refractivity contribution in [2.24, 2.45) is 0 Å². The lowest BCUT2D eigenvalue weighted by atomic mass is 10.2. The van der Waals surface area contributed by atoms with Crippen molar-refractivity contribution in [3.8, 4) is 5.69 Å². The number of benzene rings is 2. The SMILES string of the molecule is O=c1oc(C=Cc2ccccc2)nn1-c1c(Cl)cc(C(F)(F)F)cc1Cl. The van der Waals surface area contributed by atoms with E-state index in [1.165, 1.54) is 6.08 Å². The van der Waals surface area contributed by atoms with Gasteiger partial charge in [-0.1, -0.05) is 53.5 Å². The van der Waals surface area contributed by atoms with Gasteiger partial charge in [0.15, 0.2) is 0 Å². The summed E-state index contributed by atoms with van der Waals surface area (Å²) < 4.78 is 44.1. The molecule has 1 heterocycles. The van der Waals surface area contributed by atoms with Crippen molar-refractivity contribution in [2.45, 2.75) is 6.18 Å². The molecule has 4 nitrogen and oxygen atoms in total. The normalized spacial score (nSPS) is 12.0. The van der Waals surface area contributed by atoms with Crippen LogP contribution in [0.2, 0.25) is 10.0 Å². The molecule has 0 N–H and O–H groups in total. The molecule has 9 heteroatoms. The van der Waals surface area contributed by atoms with Gasteiger partial charge in [-0.15, -0.1) is 5.10 Å². The highest BCUT2D eigenvalue weighted by Gasteiger charge is 2.32. The highest BCUT2D eigenvalue weighted by atomic mass is 35.5. The predicted octanol–water partition coefficient (Wildman–Crippen LogP) is 5.32. The Morgan fingerprint density at radius 2 is 1.65 bits per heavy atom.